The van der Waals surface area contributed by atoms with E-state index >= 15 is 0 Å². The van der Waals surface area contributed by atoms with Crippen molar-refractivity contribution in [3.8, 4) is 0 Å². The normalized spacial score (nSPS) is 9.56. The van der Waals surface area contributed by atoms with E-state index in [0.717, 1.165) is 10.8 Å². The van der Waals surface area contributed by atoms with E-state index in [4.69, 9.17) is 0 Å². The summed E-state index contributed by atoms with van der Waals surface area (Å²) < 4.78 is 0. The second-order valence-corrected chi connectivity index (χ2v) is 2.42. The molecule has 50 valence electrons. The van der Waals surface area contributed by atoms with Gasteiger partial charge in [0.05, 0.1) is 5.03 Å². The number of nitrogens with one attached hydrogen (secondary N) is 2. The van der Waals surface area contributed by atoms with Crippen LogP contribution in [-0.4, -0.2) is 23.5 Å². The average molecular weight is 143 g/mol. The molecule has 1 aromatic heterocycles. The van der Waals surface area contributed by atoms with Gasteiger partial charge in [-0.25, -0.2) is 0 Å². The Morgan fingerprint density at radius 1 is 1.78 bits per heavy atom. The van der Waals surface area contributed by atoms with Gasteiger partial charge in [0.15, 0.2) is 0 Å². The molecule has 0 aliphatic heterocycles. The highest BCUT2D eigenvalue weighted by molar-refractivity contribution is 7.98. The number of aromatic nitrogens is 2. The van der Waals surface area contributed by atoms with Crippen LogP contribution in [0.1, 0.15) is 0 Å². The van der Waals surface area contributed by atoms with Crippen molar-refractivity contribution in [1.82, 2.24) is 10.2 Å². The summed E-state index contributed by atoms with van der Waals surface area (Å²) in [5.41, 5.74) is 0. The van der Waals surface area contributed by atoms with Crippen LogP contribution in [0.4, 0.5) is 5.82 Å². The zero-order chi connectivity index (χ0) is 6.69. The topological polar surface area (TPSA) is 40.7 Å². The van der Waals surface area contributed by atoms with Crippen LogP contribution in [-0.2, 0) is 0 Å². The lowest BCUT2D eigenvalue weighted by Gasteiger charge is -1.85. The molecule has 0 saturated carbocycles. The lowest BCUT2D eigenvalue weighted by Crippen LogP contribution is -1.85. The molecule has 0 aliphatic rings. The van der Waals surface area contributed by atoms with Crippen LogP contribution in [0.3, 0.4) is 0 Å². The third kappa shape index (κ3) is 1.38. The predicted molar refractivity (Wildman–Crippen MR) is 39.9 cm³/mol. The summed E-state index contributed by atoms with van der Waals surface area (Å²) in [5.74, 6) is 0.888. The van der Waals surface area contributed by atoms with Crippen molar-refractivity contribution < 1.29 is 0 Å². The molecule has 0 spiro atoms. The number of rotatable bonds is 2. The van der Waals surface area contributed by atoms with Gasteiger partial charge in [-0.2, -0.15) is 5.10 Å². The molecule has 2 N–H and O–H groups in total. The summed E-state index contributed by atoms with van der Waals surface area (Å²) in [4.78, 5) is 0. The molecular weight excluding hydrogens is 134 g/mol. The first kappa shape index (κ1) is 6.48. The van der Waals surface area contributed by atoms with Gasteiger partial charge in [-0.15, -0.1) is 11.8 Å². The van der Waals surface area contributed by atoms with Gasteiger partial charge in [-0.05, 0) is 6.26 Å². The summed E-state index contributed by atoms with van der Waals surface area (Å²) >= 11 is 1.65. The van der Waals surface area contributed by atoms with E-state index in [9.17, 15) is 0 Å². The standard InChI is InChI=1S/C5H9N3S/c1-6-4-3-5(9-2)8-7-4/h3H,1-2H3,(H2,6,7,8). The molecule has 0 amide bonds. The summed E-state index contributed by atoms with van der Waals surface area (Å²) in [6.45, 7) is 0. The first-order valence-electron chi connectivity index (χ1n) is 2.64. The third-order valence-electron chi connectivity index (χ3n) is 1.03. The van der Waals surface area contributed by atoms with Crippen molar-refractivity contribution in [2.45, 2.75) is 5.03 Å². The van der Waals surface area contributed by atoms with Crippen molar-refractivity contribution in [2.24, 2.45) is 0 Å². The van der Waals surface area contributed by atoms with Gasteiger partial charge in [0.25, 0.3) is 0 Å². The Hall–Kier alpha value is -0.640. The number of thioether (sulfide) groups is 1. The molecule has 0 radical (unpaired) electrons. The van der Waals surface area contributed by atoms with Gasteiger partial charge in [-0.1, -0.05) is 0 Å². The maximum Gasteiger partial charge on any atom is 0.148 e. The number of H-pyrrole nitrogens is 1. The van der Waals surface area contributed by atoms with Gasteiger partial charge >= 0.3 is 0 Å². The van der Waals surface area contributed by atoms with Crippen molar-refractivity contribution in [3.05, 3.63) is 6.07 Å². The number of anilines is 1. The van der Waals surface area contributed by atoms with Crippen molar-refractivity contribution >= 4 is 17.6 Å². The van der Waals surface area contributed by atoms with Gasteiger partial charge in [0.1, 0.15) is 5.82 Å². The van der Waals surface area contributed by atoms with Gasteiger partial charge < -0.3 is 5.32 Å². The third-order valence-corrected chi connectivity index (χ3v) is 1.68. The fourth-order valence-corrected chi connectivity index (χ4v) is 0.903. The molecule has 0 atom stereocenters. The van der Waals surface area contributed by atoms with E-state index in [0.29, 0.717) is 0 Å². The smallest absolute Gasteiger partial charge is 0.148 e. The van der Waals surface area contributed by atoms with E-state index < -0.39 is 0 Å². The highest BCUT2D eigenvalue weighted by Crippen LogP contribution is 2.13. The Bertz CT molecular complexity index is 166. The van der Waals surface area contributed by atoms with Gasteiger partial charge in [0, 0.05) is 13.1 Å². The number of hydrogen-bond donors (Lipinski definition) is 2. The molecule has 0 saturated heterocycles. The van der Waals surface area contributed by atoms with Gasteiger partial charge in [0.2, 0.25) is 0 Å². The lowest BCUT2D eigenvalue weighted by molar-refractivity contribution is 1.01. The van der Waals surface area contributed by atoms with Crippen LogP contribution >= 0.6 is 11.8 Å². The minimum absolute atomic E-state index is 0.888. The highest BCUT2D eigenvalue weighted by Gasteiger charge is 1.93. The molecule has 1 aromatic rings. The maximum absolute atomic E-state index is 3.95. The van der Waals surface area contributed by atoms with Crippen LogP contribution < -0.4 is 5.32 Å². The Labute approximate surface area is 58.2 Å². The number of hydrogen-bond acceptors (Lipinski definition) is 3. The van der Waals surface area contributed by atoms with E-state index in [2.05, 4.69) is 15.5 Å². The SMILES string of the molecule is CNc1cc(SC)[nH]n1. The summed E-state index contributed by atoms with van der Waals surface area (Å²) in [6.07, 6.45) is 2.01. The molecule has 0 bridgehead atoms. The second-order valence-electron chi connectivity index (χ2n) is 1.57. The molecule has 3 nitrogen and oxygen atoms in total. The zero-order valence-electron chi connectivity index (χ0n) is 5.43. The molecular formula is C5H9N3S. The molecule has 9 heavy (non-hydrogen) atoms. The molecule has 1 rings (SSSR count). The Balaban J connectivity index is 2.74. The van der Waals surface area contributed by atoms with E-state index in [1.54, 1.807) is 11.8 Å². The first-order valence-corrected chi connectivity index (χ1v) is 3.86. The lowest BCUT2D eigenvalue weighted by atomic mass is 10.6. The Morgan fingerprint density at radius 3 is 2.89 bits per heavy atom. The molecule has 1 heterocycles. The van der Waals surface area contributed by atoms with Crippen molar-refractivity contribution in [3.63, 3.8) is 0 Å². The highest BCUT2D eigenvalue weighted by atomic mass is 32.2. The van der Waals surface area contributed by atoms with Crippen LogP contribution in [0.5, 0.6) is 0 Å². The van der Waals surface area contributed by atoms with Gasteiger partial charge in [-0.3, -0.25) is 5.10 Å². The van der Waals surface area contributed by atoms with E-state index in [1.807, 2.05) is 19.4 Å². The van der Waals surface area contributed by atoms with E-state index in [1.165, 1.54) is 0 Å². The largest absolute Gasteiger partial charge is 0.372 e. The Morgan fingerprint density at radius 2 is 2.56 bits per heavy atom. The maximum atomic E-state index is 3.95. The molecule has 0 aliphatic carbocycles. The summed E-state index contributed by atoms with van der Waals surface area (Å²) in [5, 5.41) is 10.8. The fourth-order valence-electron chi connectivity index (χ4n) is 0.537. The summed E-state index contributed by atoms with van der Waals surface area (Å²) in [7, 11) is 1.85. The van der Waals surface area contributed by atoms with Crippen molar-refractivity contribution in [1.29, 1.82) is 0 Å². The number of aromatic amines is 1. The molecule has 0 aromatic carbocycles. The minimum Gasteiger partial charge on any atom is -0.372 e. The molecule has 0 fully saturated rings. The van der Waals surface area contributed by atoms with Crippen LogP contribution in [0, 0.1) is 0 Å². The quantitative estimate of drug-likeness (QED) is 0.611. The van der Waals surface area contributed by atoms with Crippen molar-refractivity contribution in [2.75, 3.05) is 18.6 Å². The second kappa shape index (κ2) is 2.77. The van der Waals surface area contributed by atoms with Crippen LogP contribution in [0.25, 0.3) is 0 Å². The monoisotopic (exact) mass is 143 g/mol. The Kier molecular flexibility index (Phi) is 2.00. The summed E-state index contributed by atoms with van der Waals surface area (Å²) in [6, 6.07) is 1.96. The predicted octanol–water partition coefficient (Wildman–Crippen LogP) is 1.17. The van der Waals surface area contributed by atoms with Crippen LogP contribution in [0.15, 0.2) is 11.1 Å². The van der Waals surface area contributed by atoms with Crippen LogP contribution in [0.2, 0.25) is 0 Å². The average Bonchev–Trinajstić information content (AvgIpc) is 2.34. The van der Waals surface area contributed by atoms with E-state index in [-0.39, 0.29) is 0 Å². The minimum atomic E-state index is 0.888. The fraction of sp³-hybridized carbons (Fsp3) is 0.400. The number of nitrogens with zero attached hydrogens (tertiary/aromatic N) is 1. The molecule has 0 unspecified atom stereocenters. The zero-order valence-corrected chi connectivity index (χ0v) is 6.25. The first-order chi connectivity index (χ1) is 4.36. The molecule has 4 heteroatoms.